The monoisotopic (exact) mass is 278 g/mol. The van der Waals surface area contributed by atoms with Gasteiger partial charge in [0, 0.05) is 12.0 Å². The molecule has 0 unspecified atom stereocenters. The molecule has 20 heavy (non-hydrogen) atoms. The SMILES string of the molecule is CCC1(COCCCCOc2ccc(C)cc2)COC1. The Balaban J connectivity index is 1.48. The van der Waals surface area contributed by atoms with E-state index in [0.717, 1.165) is 58.0 Å². The summed E-state index contributed by atoms with van der Waals surface area (Å²) in [5.74, 6) is 0.952. The van der Waals surface area contributed by atoms with Gasteiger partial charge in [0.25, 0.3) is 0 Å². The quantitative estimate of drug-likeness (QED) is 0.646. The second-order valence-electron chi connectivity index (χ2n) is 5.77. The summed E-state index contributed by atoms with van der Waals surface area (Å²) in [5.41, 5.74) is 1.56. The Labute approximate surface area is 122 Å². The lowest BCUT2D eigenvalue weighted by Gasteiger charge is -2.40. The summed E-state index contributed by atoms with van der Waals surface area (Å²) >= 11 is 0. The number of ether oxygens (including phenoxy) is 3. The number of benzene rings is 1. The van der Waals surface area contributed by atoms with Crippen molar-refractivity contribution >= 4 is 0 Å². The molecule has 1 aromatic rings. The van der Waals surface area contributed by atoms with Gasteiger partial charge in [-0.25, -0.2) is 0 Å². The molecule has 0 atom stereocenters. The zero-order chi connectivity index (χ0) is 14.3. The van der Waals surface area contributed by atoms with Gasteiger partial charge in [-0.15, -0.1) is 0 Å². The summed E-state index contributed by atoms with van der Waals surface area (Å²) in [6.07, 6.45) is 3.22. The van der Waals surface area contributed by atoms with Gasteiger partial charge in [-0.3, -0.25) is 0 Å². The fourth-order valence-electron chi connectivity index (χ4n) is 2.20. The smallest absolute Gasteiger partial charge is 0.119 e. The molecule has 112 valence electrons. The van der Waals surface area contributed by atoms with Crippen LogP contribution in [0.4, 0.5) is 0 Å². The highest BCUT2D eigenvalue weighted by Gasteiger charge is 2.36. The molecular weight excluding hydrogens is 252 g/mol. The van der Waals surface area contributed by atoms with Crippen molar-refractivity contribution in [3.63, 3.8) is 0 Å². The highest BCUT2D eigenvalue weighted by Crippen LogP contribution is 2.31. The van der Waals surface area contributed by atoms with Crippen molar-refractivity contribution in [2.24, 2.45) is 5.41 Å². The molecule has 0 spiro atoms. The molecule has 0 aromatic heterocycles. The van der Waals surface area contributed by atoms with Crippen LogP contribution in [0.1, 0.15) is 31.7 Å². The van der Waals surface area contributed by atoms with Crippen molar-refractivity contribution in [3.05, 3.63) is 29.8 Å². The second-order valence-corrected chi connectivity index (χ2v) is 5.77. The van der Waals surface area contributed by atoms with E-state index in [9.17, 15) is 0 Å². The second kappa shape index (κ2) is 7.65. The molecule has 0 amide bonds. The van der Waals surface area contributed by atoms with E-state index >= 15 is 0 Å². The van der Waals surface area contributed by atoms with Crippen molar-refractivity contribution < 1.29 is 14.2 Å². The van der Waals surface area contributed by atoms with Crippen molar-refractivity contribution in [2.75, 3.05) is 33.0 Å². The minimum atomic E-state index is 0.304. The van der Waals surface area contributed by atoms with E-state index in [1.165, 1.54) is 5.56 Å². The molecule has 0 aliphatic carbocycles. The molecule has 1 aliphatic heterocycles. The molecule has 0 saturated carbocycles. The van der Waals surface area contributed by atoms with E-state index in [1.54, 1.807) is 0 Å². The van der Waals surface area contributed by atoms with Gasteiger partial charge in [0.15, 0.2) is 0 Å². The third-order valence-corrected chi connectivity index (χ3v) is 3.95. The molecule has 3 heteroatoms. The molecule has 3 nitrogen and oxygen atoms in total. The van der Waals surface area contributed by atoms with Gasteiger partial charge in [0.1, 0.15) is 5.75 Å². The molecule has 2 rings (SSSR count). The lowest BCUT2D eigenvalue weighted by molar-refractivity contribution is -0.150. The van der Waals surface area contributed by atoms with Gasteiger partial charge < -0.3 is 14.2 Å². The molecule has 0 bridgehead atoms. The van der Waals surface area contributed by atoms with E-state index in [0.29, 0.717) is 5.41 Å². The van der Waals surface area contributed by atoms with Crippen LogP contribution >= 0.6 is 0 Å². The van der Waals surface area contributed by atoms with Crippen LogP contribution < -0.4 is 4.74 Å². The van der Waals surface area contributed by atoms with Crippen LogP contribution in [-0.4, -0.2) is 33.0 Å². The number of hydrogen-bond acceptors (Lipinski definition) is 3. The topological polar surface area (TPSA) is 27.7 Å². The molecule has 1 heterocycles. The summed E-state index contributed by atoms with van der Waals surface area (Å²) in [6, 6.07) is 8.19. The van der Waals surface area contributed by atoms with Crippen LogP contribution in [0.5, 0.6) is 5.75 Å². The fraction of sp³-hybridized carbons (Fsp3) is 0.647. The predicted molar refractivity (Wildman–Crippen MR) is 80.3 cm³/mol. The van der Waals surface area contributed by atoms with Crippen molar-refractivity contribution in [2.45, 2.75) is 33.1 Å². The van der Waals surface area contributed by atoms with Crippen LogP contribution in [0.15, 0.2) is 24.3 Å². The highest BCUT2D eigenvalue weighted by molar-refractivity contribution is 5.26. The first-order valence-electron chi connectivity index (χ1n) is 7.59. The summed E-state index contributed by atoms with van der Waals surface area (Å²) in [4.78, 5) is 0. The third-order valence-electron chi connectivity index (χ3n) is 3.95. The molecular formula is C17H26O3. The molecule has 1 aliphatic rings. The van der Waals surface area contributed by atoms with Gasteiger partial charge in [0.2, 0.25) is 0 Å². The van der Waals surface area contributed by atoms with E-state index in [-0.39, 0.29) is 0 Å². The van der Waals surface area contributed by atoms with Crippen molar-refractivity contribution in [1.82, 2.24) is 0 Å². The number of unbranched alkanes of at least 4 members (excludes halogenated alkanes) is 1. The Kier molecular flexibility index (Phi) is 5.86. The zero-order valence-corrected chi connectivity index (χ0v) is 12.7. The predicted octanol–water partition coefficient (Wildman–Crippen LogP) is 3.60. The Bertz CT molecular complexity index is 376. The van der Waals surface area contributed by atoms with Gasteiger partial charge >= 0.3 is 0 Å². The van der Waals surface area contributed by atoms with E-state index in [4.69, 9.17) is 14.2 Å². The molecule has 0 radical (unpaired) electrons. The molecule has 0 N–H and O–H groups in total. The minimum Gasteiger partial charge on any atom is -0.494 e. The van der Waals surface area contributed by atoms with E-state index in [2.05, 4.69) is 26.0 Å². The van der Waals surface area contributed by atoms with Crippen LogP contribution in [0.2, 0.25) is 0 Å². The van der Waals surface area contributed by atoms with Gasteiger partial charge in [-0.05, 0) is 38.3 Å². The van der Waals surface area contributed by atoms with Crippen molar-refractivity contribution in [3.8, 4) is 5.75 Å². The molecule has 1 fully saturated rings. The third kappa shape index (κ3) is 4.50. The Hall–Kier alpha value is -1.06. The first kappa shape index (κ1) is 15.3. The van der Waals surface area contributed by atoms with Gasteiger partial charge in [-0.1, -0.05) is 24.6 Å². The largest absolute Gasteiger partial charge is 0.494 e. The van der Waals surface area contributed by atoms with Crippen LogP contribution in [0.25, 0.3) is 0 Å². The van der Waals surface area contributed by atoms with Crippen LogP contribution in [0.3, 0.4) is 0 Å². The average molecular weight is 278 g/mol. The Morgan fingerprint density at radius 2 is 1.80 bits per heavy atom. The minimum absolute atomic E-state index is 0.304. The maximum absolute atomic E-state index is 5.76. The standard InChI is InChI=1S/C17H26O3/c1-3-17(13-19-14-17)12-18-10-4-5-11-20-16-8-6-15(2)7-9-16/h6-9H,3-5,10-14H2,1-2H3. The number of rotatable bonds is 9. The van der Waals surface area contributed by atoms with E-state index < -0.39 is 0 Å². The summed E-state index contributed by atoms with van der Waals surface area (Å²) < 4.78 is 16.7. The normalized spacial score (nSPS) is 16.7. The Morgan fingerprint density at radius 1 is 1.10 bits per heavy atom. The van der Waals surface area contributed by atoms with Gasteiger partial charge in [0.05, 0.1) is 26.4 Å². The number of hydrogen-bond donors (Lipinski definition) is 0. The van der Waals surface area contributed by atoms with Crippen LogP contribution in [0, 0.1) is 12.3 Å². The van der Waals surface area contributed by atoms with Crippen molar-refractivity contribution in [1.29, 1.82) is 0 Å². The lowest BCUT2D eigenvalue weighted by Crippen LogP contribution is -2.45. The zero-order valence-electron chi connectivity index (χ0n) is 12.7. The maximum atomic E-state index is 5.76. The Morgan fingerprint density at radius 3 is 2.40 bits per heavy atom. The van der Waals surface area contributed by atoms with Crippen LogP contribution in [-0.2, 0) is 9.47 Å². The fourth-order valence-corrected chi connectivity index (χ4v) is 2.20. The summed E-state index contributed by atoms with van der Waals surface area (Å²) in [5, 5.41) is 0. The molecule has 1 saturated heterocycles. The van der Waals surface area contributed by atoms with E-state index in [1.807, 2.05) is 12.1 Å². The highest BCUT2D eigenvalue weighted by atomic mass is 16.5. The lowest BCUT2D eigenvalue weighted by atomic mass is 9.84. The average Bonchev–Trinajstić information content (AvgIpc) is 2.42. The first-order chi connectivity index (χ1) is 9.74. The van der Waals surface area contributed by atoms with Gasteiger partial charge in [-0.2, -0.15) is 0 Å². The number of aryl methyl sites for hydroxylation is 1. The molecule has 1 aromatic carbocycles. The summed E-state index contributed by atoms with van der Waals surface area (Å²) in [7, 11) is 0. The maximum Gasteiger partial charge on any atom is 0.119 e. The first-order valence-corrected chi connectivity index (χ1v) is 7.59. The summed E-state index contributed by atoms with van der Waals surface area (Å²) in [6.45, 7) is 8.43.